The molecule has 1 aliphatic heterocycles. The predicted octanol–water partition coefficient (Wildman–Crippen LogP) is 5.38. The molecular weight excluding hydrogens is 386 g/mol. The number of carbonyl (C=O) groups excluding carboxylic acids is 1. The van der Waals surface area contributed by atoms with Crippen LogP contribution in [0.15, 0.2) is 54.6 Å². The van der Waals surface area contributed by atoms with Gasteiger partial charge >= 0.3 is 5.97 Å². The van der Waals surface area contributed by atoms with Crippen LogP contribution in [0, 0.1) is 0 Å². The Balaban J connectivity index is 1.84. The van der Waals surface area contributed by atoms with Crippen molar-refractivity contribution in [2.24, 2.45) is 0 Å². The molecule has 0 spiro atoms. The van der Waals surface area contributed by atoms with E-state index in [2.05, 4.69) is 5.32 Å². The summed E-state index contributed by atoms with van der Waals surface area (Å²) in [4.78, 5) is 25.6. The minimum absolute atomic E-state index is 0.116. The summed E-state index contributed by atoms with van der Waals surface area (Å²) < 4.78 is 5.75. The van der Waals surface area contributed by atoms with Crippen LogP contribution in [-0.4, -0.2) is 23.6 Å². The average Bonchev–Trinajstić information content (AvgIpc) is 3.12. The van der Waals surface area contributed by atoms with Crippen molar-refractivity contribution in [2.75, 3.05) is 11.9 Å². The Hall–Kier alpha value is -3.12. The van der Waals surface area contributed by atoms with E-state index < -0.39 is 5.97 Å². The summed E-state index contributed by atoms with van der Waals surface area (Å²) in [6.45, 7) is 2.67. The summed E-state index contributed by atoms with van der Waals surface area (Å²) in [6.07, 6.45) is 1.19. The second-order valence-electron chi connectivity index (χ2n) is 6.94. The zero-order chi connectivity index (χ0) is 20.4. The molecule has 4 rings (SSSR count). The summed E-state index contributed by atoms with van der Waals surface area (Å²) in [5, 5.41) is 12.7. The molecule has 1 atom stereocenters. The number of rotatable bonds is 6. The first-order valence-electron chi connectivity index (χ1n) is 9.56. The number of aromatic carboxylic acids is 1. The lowest BCUT2D eigenvalue weighted by Crippen LogP contribution is -2.22. The van der Waals surface area contributed by atoms with Gasteiger partial charge in [-0.15, -0.1) is 11.3 Å². The van der Waals surface area contributed by atoms with Crippen molar-refractivity contribution < 1.29 is 19.4 Å². The highest BCUT2D eigenvalue weighted by molar-refractivity contribution is 7.15. The first kappa shape index (κ1) is 19.2. The third-order valence-corrected chi connectivity index (χ3v) is 6.19. The zero-order valence-corrected chi connectivity index (χ0v) is 16.8. The molecule has 0 radical (unpaired) electrons. The molecule has 2 heterocycles. The van der Waals surface area contributed by atoms with Gasteiger partial charge in [0.05, 0.1) is 12.3 Å². The second-order valence-corrected chi connectivity index (χ2v) is 7.99. The molecule has 1 aliphatic rings. The first-order valence-corrected chi connectivity index (χ1v) is 10.4. The van der Waals surface area contributed by atoms with Crippen LogP contribution in [0.4, 0.5) is 5.69 Å². The Labute approximate surface area is 173 Å². The van der Waals surface area contributed by atoms with Gasteiger partial charge in [0.1, 0.15) is 10.6 Å². The molecule has 0 aliphatic carbocycles. The lowest BCUT2D eigenvalue weighted by Gasteiger charge is -2.24. The molecule has 0 fully saturated rings. The summed E-state index contributed by atoms with van der Waals surface area (Å²) >= 11 is 1.24. The Morgan fingerprint density at radius 3 is 2.72 bits per heavy atom. The number of carboxylic acids is 1. The van der Waals surface area contributed by atoms with Crippen LogP contribution in [-0.2, 0) is 4.79 Å². The van der Waals surface area contributed by atoms with Crippen molar-refractivity contribution in [3.8, 4) is 16.9 Å². The number of carbonyl (C=O) groups is 2. The minimum Gasteiger partial charge on any atom is -0.494 e. The van der Waals surface area contributed by atoms with E-state index >= 15 is 0 Å². The van der Waals surface area contributed by atoms with Gasteiger partial charge in [0.2, 0.25) is 5.91 Å². The van der Waals surface area contributed by atoms with E-state index in [-0.39, 0.29) is 23.1 Å². The third kappa shape index (κ3) is 3.76. The van der Waals surface area contributed by atoms with E-state index in [1.807, 2.05) is 61.5 Å². The summed E-state index contributed by atoms with van der Waals surface area (Å²) in [7, 11) is 0. The van der Waals surface area contributed by atoms with Crippen molar-refractivity contribution in [3.63, 3.8) is 0 Å². The quantitative estimate of drug-likeness (QED) is 0.575. The van der Waals surface area contributed by atoms with Crippen molar-refractivity contribution in [1.82, 2.24) is 0 Å². The van der Waals surface area contributed by atoms with Crippen molar-refractivity contribution >= 4 is 28.9 Å². The number of ether oxygens (including phenoxy) is 1. The number of fused-ring (bicyclic) bond motifs is 1. The van der Waals surface area contributed by atoms with Gasteiger partial charge in [0, 0.05) is 22.8 Å². The number of carboxylic acid groups (broad SMARTS) is 1. The lowest BCUT2D eigenvalue weighted by molar-refractivity contribution is -0.116. The van der Waals surface area contributed by atoms with Gasteiger partial charge < -0.3 is 15.2 Å². The Bertz CT molecular complexity index is 1060. The van der Waals surface area contributed by atoms with Crippen molar-refractivity contribution in [3.05, 3.63) is 69.9 Å². The smallest absolute Gasteiger partial charge is 0.346 e. The number of nitrogens with one attached hydrogen (secondary N) is 1. The van der Waals surface area contributed by atoms with Crippen molar-refractivity contribution in [1.29, 1.82) is 0 Å². The number of anilines is 1. The van der Waals surface area contributed by atoms with Crippen LogP contribution in [0.1, 0.15) is 45.8 Å². The predicted molar refractivity (Wildman–Crippen MR) is 114 cm³/mol. The molecule has 0 saturated heterocycles. The number of hydrogen-bond donors (Lipinski definition) is 2. The fourth-order valence-corrected chi connectivity index (χ4v) is 4.87. The third-order valence-electron chi connectivity index (χ3n) is 4.90. The first-order chi connectivity index (χ1) is 14.1. The van der Waals surface area contributed by atoms with Gasteiger partial charge in [0.15, 0.2) is 0 Å². The SMILES string of the molecule is CCCOc1cccc(C2CC(=O)Nc3c2sc(C(=O)O)c3-c2ccccc2)c1. The van der Waals surface area contributed by atoms with Gasteiger partial charge in [-0.25, -0.2) is 4.79 Å². The monoisotopic (exact) mass is 407 g/mol. The summed E-state index contributed by atoms with van der Waals surface area (Å²) in [6, 6.07) is 17.1. The fraction of sp³-hybridized carbons (Fsp3) is 0.217. The normalized spacial score (nSPS) is 15.5. The van der Waals surface area contributed by atoms with Crippen LogP contribution >= 0.6 is 11.3 Å². The maximum Gasteiger partial charge on any atom is 0.346 e. The van der Waals surface area contributed by atoms with E-state index in [0.717, 1.165) is 28.2 Å². The Kier molecular flexibility index (Phi) is 5.36. The summed E-state index contributed by atoms with van der Waals surface area (Å²) in [5.41, 5.74) is 2.92. The molecule has 1 aromatic heterocycles. The number of thiophene rings is 1. The number of benzene rings is 2. The van der Waals surface area contributed by atoms with Gasteiger partial charge in [-0.3, -0.25) is 4.79 Å². The number of hydrogen-bond acceptors (Lipinski definition) is 4. The highest BCUT2D eigenvalue weighted by Crippen LogP contribution is 2.49. The standard InChI is InChI=1S/C23H21NO4S/c1-2-11-28-16-10-6-9-15(12-16)17-13-18(25)24-20-19(14-7-4-3-5-8-14)22(23(26)27)29-21(17)20/h3-10,12,17H,2,11,13H2,1H3,(H,24,25)(H,26,27). The minimum atomic E-state index is -0.990. The molecule has 1 amide bonds. The molecule has 29 heavy (non-hydrogen) atoms. The topological polar surface area (TPSA) is 75.6 Å². The van der Waals surface area contributed by atoms with Crippen LogP contribution in [0.25, 0.3) is 11.1 Å². The maximum absolute atomic E-state index is 12.5. The van der Waals surface area contributed by atoms with Crippen LogP contribution < -0.4 is 10.1 Å². The average molecular weight is 407 g/mol. The molecule has 148 valence electrons. The highest BCUT2D eigenvalue weighted by Gasteiger charge is 2.34. The Morgan fingerprint density at radius 1 is 1.21 bits per heavy atom. The molecule has 0 bridgehead atoms. The van der Waals surface area contributed by atoms with E-state index in [9.17, 15) is 14.7 Å². The van der Waals surface area contributed by atoms with Crippen LogP contribution in [0.3, 0.4) is 0 Å². The van der Waals surface area contributed by atoms with Crippen molar-refractivity contribution in [2.45, 2.75) is 25.7 Å². The van der Waals surface area contributed by atoms with E-state index in [1.165, 1.54) is 11.3 Å². The summed E-state index contributed by atoms with van der Waals surface area (Å²) in [5.74, 6) is -0.551. The van der Waals surface area contributed by atoms with Gasteiger partial charge in [-0.2, -0.15) is 0 Å². The van der Waals surface area contributed by atoms with Gasteiger partial charge in [-0.1, -0.05) is 49.4 Å². The van der Waals surface area contributed by atoms with Gasteiger partial charge in [0.25, 0.3) is 0 Å². The van der Waals surface area contributed by atoms with E-state index in [4.69, 9.17) is 4.74 Å². The maximum atomic E-state index is 12.5. The molecule has 5 nitrogen and oxygen atoms in total. The molecule has 6 heteroatoms. The lowest BCUT2D eigenvalue weighted by atomic mass is 9.88. The van der Waals surface area contributed by atoms with Crippen LogP contribution in [0.2, 0.25) is 0 Å². The molecule has 2 N–H and O–H groups in total. The Morgan fingerprint density at radius 2 is 2.00 bits per heavy atom. The largest absolute Gasteiger partial charge is 0.494 e. The van der Waals surface area contributed by atoms with E-state index in [1.54, 1.807) is 0 Å². The molecule has 0 saturated carbocycles. The van der Waals surface area contributed by atoms with Gasteiger partial charge in [-0.05, 0) is 29.7 Å². The highest BCUT2D eigenvalue weighted by atomic mass is 32.1. The fourth-order valence-electron chi connectivity index (χ4n) is 3.63. The van der Waals surface area contributed by atoms with Crippen LogP contribution in [0.5, 0.6) is 5.75 Å². The molecule has 3 aromatic rings. The molecule has 1 unspecified atom stereocenters. The molecular formula is C23H21NO4S. The van der Waals surface area contributed by atoms with E-state index in [0.29, 0.717) is 17.9 Å². The molecule has 2 aromatic carbocycles. The number of amides is 1. The second kappa shape index (κ2) is 8.09. The zero-order valence-electron chi connectivity index (χ0n) is 16.0.